The second-order valence-electron chi connectivity index (χ2n) is 5.58. The van der Waals surface area contributed by atoms with E-state index in [1.54, 1.807) is 0 Å². The van der Waals surface area contributed by atoms with E-state index in [-0.39, 0.29) is 17.6 Å². The number of hydrogen-bond acceptors (Lipinski definition) is 3. The molecule has 1 aliphatic rings. The van der Waals surface area contributed by atoms with Crippen LogP contribution in [0.15, 0.2) is 0 Å². The molecule has 1 N–H and O–H groups in total. The molecule has 1 heterocycles. The highest BCUT2D eigenvalue weighted by Gasteiger charge is 2.38. The molecule has 0 unspecified atom stereocenters. The third kappa shape index (κ3) is 4.04. The first-order chi connectivity index (χ1) is 7.54. The standard InChI is InChI=1S/C13H26O3/c1-4-13(9-15-10-13)11-16-12(2,3)7-5-6-8-14/h14H,4-11H2,1-3H3. The van der Waals surface area contributed by atoms with E-state index in [4.69, 9.17) is 14.6 Å². The first kappa shape index (κ1) is 13.9. The molecule has 16 heavy (non-hydrogen) atoms. The Labute approximate surface area is 99.1 Å². The summed E-state index contributed by atoms with van der Waals surface area (Å²) in [6.45, 7) is 9.23. The van der Waals surface area contributed by atoms with Gasteiger partial charge in [-0.1, -0.05) is 6.92 Å². The lowest BCUT2D eigenvalue weighted by molar-refractivity contribution is -0.175. The summed E-state index contributed by atoms with van der Waals surface area (Å²) in [5.74, 6) is 0. The molecule has 1 aliphatic heterocycles. The molecule has 0 aromatic rings. The third-order valence-electron chi connectivity index (χ3n) is 3.52. The third-order valence-corrected chi connectivity index (χ3v) is 3.52. The number of unbranched alkanes of at least 4 members (excludes halogenated alkanes) is 1. The van der Waals surface area contributed by atoms with Gasteiger partial charge in [0.25, 0.3) is 0 Å². The number of hydrogen-bond donors (Lipinski definition) is 1. The fraction of sp³-hybridized carbons (Fsp3) is 1.00. The fourth-order valence-electron chi connectivity index (χ4n) is 1.86. The molecule has 0 amide bonds. The monoisotopic (exact) mass is 230 g/mol. The van der Waals surface area contributed by atoms with Crippen molar-refractivity contribution >= 4 is 0 Å². The summed E-state index contributed by atoms with van der Waals surface area (Å²) in [5, 5.41) is 8.75. The zero-order valence-corrected chi connectivity index (χ0v) is 10.9. The van der Waals surface area contributed by atoms with Gasteiger partial charge in [-0.25, -0.2) is 0 Å². The first-order valence-corrected chi connectivity index (χ1v) is 6.36. The van der Waals surface area contributed by atoms with E-state index in [2.05, 4.69) is 20.8 Å². The zero-order valence-electron chi connectivity index (χ0n) is 10.9. The SMILES string of the molecule is CCC1(COC(C)(C)CCCCO)COC1. The van der Waals surface area contributed by atoms with E-state index < -0.39 is 0 Å². The van der Waals surface area contributed by atoms with Crippen LogP contribution in [0, 0.1) is 5.41 Å². The Hall–Kier alpha value is -0.120. The van der Waals surface area contributed by atoms with Gasteiger partial charge in [-0.2, -0.15) is 0 Å². The average molecular weight is 230 g/mol. The van der Waals surface area contributed by atoms with Crippen LogP contribution < -0.4 is 0 Å². The van der Waals surface area contributed by atoms with Gasteiger partial charge in [0.15, 0.2) is 0 Å². The Kier molecular flexibility index (Phi) is 5.22. The molecule has 0 atom stereocenters. The Morgan fingerprint density at radius 1 is 1.31 bits per heavy atom. The first-order valence-electron chi connectivity index (χ1n) is 6.36. The van der Waals surface area contributed by atoms with Crippen molar-refractivity contribution in [2.24, 2.45) is 5.41 Å². The minimum absolute atomic E-state index is 0.0765. The van der Waals surface area contributed by atoms with Crippen LogP contribution in [0.1, 0.15) is 46.5 Å². The van der Waals surface area contributed by atoms with Gasteiger partial charge in [0.2, 0.25) is 0 Å². The summed E-state index contributed by atoms with van der Waals surface area (Å²) in [6, 6.07) is 0. The van der Waals surface area contributed by atoms with Crippen molar-refractivity contribution in [1.29, 1.82) is 0 Å². The summed E-state index contributed by atoms with van der Waals surface area (Å²) in [5.41, 5.74) is 0.196. The zero-order chi connectivity index (χ0) is 12.1. The molecule has 0 aromatic carbocycles. The van der Waals surface area contributed by atoms with Crippen molar-refractivity contribution < 1.29 is 14.6 Å². The number of ether oxygens (including phenoxy) is 2. The largest absolute Gasteiger partial charge is 0.396 e. The maximum Gasteiger partial charge on any atom is 0.0626 e. The number of aliphatic hydroxyl groups is 1. The minimum atomic E-state index is -0.0765. The highest BCUT2D eigenvalue weighted by Crippen LogP contribution is 2.33. The molecule has 0 spiro atoms. The van der Waals surface area contributed by atoms with Crippen LogP contribution in [0.2, 0.25) is 0 Å². The molecule has 0 saturated carbocycles. The predicted molar refractivity (Wildman–Crippen MR) is 64.5 cm³/mol. The van der Waals surface area contributed by atoms with Crippen LogP contribution in [-0.4, -0.2) is 37.1 Å². The summed E-state index contributed by atoms with van der Waals surface area (Å²) in [6.07, 6.45) is 4.03. The van der Waals surface area contributed by atoms with Crippen molar-refractivity contribution in [1.82, 2.24) is 0 Å². The smallest absolute Gasteiger partial charge is 0.0626 e. The summed E-state index contributed by atoms with van der Waals surface area (Å²) in [4.78, 5) is 0. The maximum atomic E-state index is 8.75. The average Bonchev–Trinajstić information content (AvgIpc) is 2.17. The van der Waals surface area contributed by atoms with Gasteiger partial charge in [-0.3, -0.25) is 0 Å². The van der Waals surface area contributed by atoms with E-state index in [0.29, 0.717) is 0 Å². The van der Waals surface area contributed by atoms with Crippen molar-refractivity contribution in [2.75, 3.05) is 26.4 Å². The molecular formula is C13H26O3. The van der Waals surface area contributed by atoms with Gasteiger partial charge in [0.1, 0.15) is 0 Å². The Bertz CT molecular complexity index is 192. The van der Waals surface area contributed by atoms with E-state index >= 15 is 0 Å². The molecule has 0 aromatic heterocycles. The molecule has 3 heteroatoms. The normalized spacial score (nSPS) is 19.5. The summed E-state index contributed by atoms with van der Waals surface area (Å²) < 4.78 is 11.3. The van der Waals surface area contributed by atoms with Gasteiger partial charge < -0.3 is 14.6 Å². The molecular weight excluding hydrogens is 204 g/mol. The van der Waals surface area contributed by atoms with Gasteiger partial charge in [0.05, 0.1) is 25.4 Å². The lowest BCUT2D eigenvalue weighted by atomic mass is 9.84. The Morgan fingerprint density at radius 3 is 2.44 bits per heavy atom. The Balaban J connectivity index is 2.23. The quantitative estimate of drug-likeness (QED) is 0.651. The highest BCUT2D eigenvalue weighted by atomic mass is 16.5. The summed E-state index contributed by atoms with van der Waals surface area (Å²) in [7, 11) is 0. The molecule has 1 saturated heterocycles. The van der Waals surface area contributed by atoms with Crippen LogP contribution in [-0.2, 0) is 9.47 Å². The van der Waals surface area contributed by atoms with E-state index in [1.165, 1.54) is 0 Å². The van der Waals surface area contributed by atoms with Crippen LogP contribution >= 0.6 is 0 Å². The fourth-order valence-corrected chi connectivity index (χ4v) is 1.86. The lowest BCUT2D eigenvalue weighted by Crippen LogP contribution is -2.47. The molecule has 0 bridgehead atoms. The van der Waals surface area contributed by atoms with E-state index in [0.717, 1.165) is 45.5 Å². The molecule has 1 fully saturated rings. The number of aliphatic hydroxyl groups excluding tert-OH is 1. The van der Waals surface area contributed by atoms with Gasteiger partial charge in [-0.15, -0.1) is 0 Å². The van der Waals surface area contributed by atoms with Gasteiger partial charge >= 0.3 is 0 Å². The van der Waals surface area contributed by atoms with Crippen molar-refractivity contribution in [3.63, 3.8) is 0 Å². The molecule has 96 valence electrons. The van der Waals surface area contributed by atoms with Crippen molar-refractivity contribution in [3.05, 3.63) is 0 Å². The van der Waals surface area contributed by atoms with Crippen LogP contribution in [0.5, 0.6) is 0 Å². The Morgan fingerprint density at radius 2 is 2.00 bits per heavy atom. The van der Waals surface area contributed by atoms with Gasteiger partial charge in [-0.05, 0) is 39.5 Å². The molecule has 0 aliphatic carbocycles. The topological polar surface area (TPSA) is 38.7 Å². The van der Waals surface area contributed by atoms with Gasteiger partial charge in [0, 0.05) is 12.0 Å². The van der Waals surface area contributed by atoms with Crippen LogP contribution in [0.25, 0.3) is 0 Å². The van der Waals surface area contributed by atoms with Crippen molar-refractivity contribution in [3.8, 4) is 0 Å². The maximum absolute atomic E-state index is 8.75. The lowest BCUT2D eigenvalue weighted by Gasteiger charge is -2.42. The number of rotatable bonds is 8. The molecule has 1 rings (SSSR count). The summed E-state index contributed by atoms with van der Waals surface area (Å²) >= 11 is 0. The second-order valence-corrected chi connectivity index (χ2v) is 5.58. The van der Waals surface area contributed by atoms with Crippen LogP contribution in [0.3, 0.4) is 0 Å². The molecule has 0 radical (unpaired) electrons. The van der Waals surface area contributed by atoms with Crippen LogP contribution in [0.4, 0.5) is 0 Å². The molecule has 3 nitrogen and oxygen atoms in total. The van der Waals surface area contributed by atoms with E-state index in [1.807, 2.05) is 0 Å². The van der Waals surface area contributed by atoms with E-state index in [9.17, 15) is 0 Å². The van der Waals surface area contributed by atoms with Crippen molar-refractivity contribution in [2.45, 2.75) is 52.1 Å². The predicted octanol–water partition coefficient (Wildman–Crippen LogP) is 2.37. The minimum Gasteiger partial charge on any atom is -0.396 e. The second kappa shape index (κ2) is 5.99. The highest BCUT2D eigenvalue weighted by molar-refractivity contribution is 4.85.